The Morgan fingerprint density at radius 1 is 1.08 bits per heavy atom. The zero-order valence-electron chi connectivity index (χ0n) is 15.1. The third kappa shape index (κ3) is 2.84. The fourth-order valence-corrected chi connectivity index (χ4v) is 3.77. The predicted molar refractivity (Wildman–Crippen MR) is 107 cm³/mol. The van der Waals surface area contributed by atoms with Gasteiger partial charge in [0.1, 0.15) is 0 Å². The normalized spacial score (nSPS) is 19.1. The van der Waals surface area contributed by atoms with Gasteiger partial charge in [0.15, 0.2) is 0 Å². The average Bonchev–Trinajstić information content (AvgIpc) is 2.85. The number of fused-ring (bicyclic) bond motifs is 1. The minimum absolute atomic E-state index is 0.0162. The molecule has 3 N–H and O–H groups in total. The topological polar surface area (TPSA) is 53.2 Å². The number of amides is 1. The van der Waals surface area contributed by atoms with E-state index in [-0.39, 0.29) is 17.4 Å². The van der Waals surface area contributed by atoms with Crippen LogP contribution in [0.15, 0.2) is 53.7 Å². The summed E-state index contributed by atoms with van der Waals surface area (Å²) in [6, 6.07) is 13.8. The first-order chi connectivity index (χ1) is 12.3. The maximum absolute atomic E-state index is 12.5. The van der Waals surface area contributed by atoms with E-state index in [1.54, 1.807) is 0 Å². The van der Waals surface area contributed by atoms with Crippen molar-refractivity contribution in [3.05, 3.63) is 69.9 Å². The molecular weight excluding hydrogens is 346 g/mol. The molecule has 0 bridgehead atoms. The number of nitrogens with one attached hydrogen (secondary N) is 3. The van der Waals surface area contributed by atoms with E-state index in [0.29, 0.717) is 17.1 Å². The molecule has 0 aromatic heterocycles. The molecular formula is C21H22ClN3O. The van der Waals surface area contributed by atoms with Gasteiger partial charge in [-0.05, 0) is 34.7 Å². The van der Waals surface area contributed by atoms with E-state index in [2.05, 4.69) is 42.8 Å². The minimum atomic E-state index is -0.301. The number of carbonyl (C=O) groups excluding carboxylic acids is 1. The number of hydrogen-bond donors (Lipinski definition) is 3. The van der Waals surface area contributed by atoms with Gasteiger partial charge in [-0.3, -0.25) is 4.79 Å². The van der Waals surface area contributed by atoms with Crippen LogP contribution in [0.3, 0.4) is 0 Å². The molecule has 0 saturated carbocycles. The van der Waals surface area contributed by atoms with Gasteiger partial charge in [-0.25, -0.2) is 0 Å². The van der Waals surface area contributed by atoms with Crippen molar-refractivity contribution in [2.75, 3.05) is 17.2 Å². The number of carbonyl (C=O) groups is 1. The van der Waals surface area contributed by atoms with Gasteiger partial charge >= 0.3 is 0 Å². The molecule has 5 heteroatoms. The number of para-hydroxylation sites is 2. The summed E-state index contributed by atoms with van der Waals surface area (Å²) in [6.45, 7) is 6.98. The third-order valence-electron chi connectivity index (χ3n) is 4.97. The first-order valence-electron chi connectivity index (χ1n) is 8.78. The second-order valence-electron chi connectivity index (χ2n) is 7.81. The lowest BCUT2D eigenvalue weighted by Gasteiger charge is -2.24. The Morgan fingerprint density at radius 2 is 1.81 bits per heavy atom. The molecule has 0 aliphatic carbocycles. The van der Waals surface area contributed by atoms with Crippen molar-refractivity contribution in [2.24, 2.45) is 0 Å². The van der Waals surface area contributed by atoms with Crippen LogP contribution in [0.2, 0.25) is 5.02 Å². The van der Waals surface area contributed by atoms with Gasteiger partial charge in [-0.2, -0.15) is 0 Å². The molecule has 4 rings (SSSR count). The third-order valence-corrected chi connectivity index (χ3v) is 5.30. The van der Waals surface area contributed by atoms with Crippen molar-refractivity contribution in [2.45, 2.75) is 32.2 Å². The SMILES string of the molecule is CC(C)(C)c1ccc(C2Nc3ccccc3NC3=C2C(=O)NC3)c(Cl)c1. The van der Waals surface area contributed by atoms with Crippen LogP contribution >= 0.6 is 11.6 Å². The summed E-state index contributed by atoms with van der Waals surface area (Å²) in [6.07, 6.45) is 0. The van der Waals surface area contributed by atoms with Crippen LogP contribution in [0.1, 0.15) is 37.9 Å². The van der Waals surface area contributed by atoms with Crippen LogP contribution in [0.4, 0.5) is 11.4 Å². The number of rotatable bonds is 1. The fourth-order valence-electron chi connectivity index (χ4n) is 3.48. The maximum Gasteiger partial charge on any atom is 0.251 e. The Bertz CT molecular complexity index is 927. The van der Waals surface area contributed by atoms with Crippen molar-refractivity contribution >= 4 is 28.9 Å². The largest absolute Gasteiger partial charge is 0.372 e. The molecule has 2 aromatic carbocycles. The lowest BCUT2D eigenvalue weighted by molar-refractivity contribution is -0.116. The number of benzene rings is 2. The molecule has 4 nitrogen and oxygen atoms in total. The number of hydrogen-bond acceptors (Lipinski definition) is 3. The first-order valence-corrected chi connectivity index (χ1v) is 9.16. The average molecular weight is 368 g/mol. The quantitative estimate of drug-likeness (QED) is 0.690. The van der Waals surface area contributed by atoms with Crippen LogP contribution in [0.25, 0.3) is 0 Å². The second kappa shape index (κ2) is 6.06. The van der Waals surface area contributed by atoms with Crippen molar-refractivity contribution < 1.29 is 4.79 Å². The van der Waals surface area contributed by atoms with E-state index in [9.17, 15) is 4.79 Å². The van der Waals surface area contributed by atoms with Crippen LogP contribution in [-0.2, 0) is 10.2 Å². The van der Waals surface area contributed by atoms with E-state index in [1.165, 1.54) is 5.56 Å². The molecule has 2 aromatic rings. The van der Waals surface area contributed by atoms with Gasteiger partial charge in [-0.15, -0.1) is 0 Å². The van der Waals surface area contributed by atoms with Crippen LogP contribution in [0.5, 0.6) is 0 Å². The highest BCUT2D eigenvalue weighted by Gasteiger charge is 2.34. The van der Waals surface area contributed by atoms with Crippen LogP contribution in [-0.4, -0.2) is 12.5 Å². The molecule has 2 aliphatic heterocycles. The van der Waals surface area contributed by atoms with Crippen LogP contribution < -0.4 is 16.0 Å². The Labute approximate surface area is 158 Å². The van der Waals surface area contributed by atoms with E-state index in [1.807, 2.05) is 36.4 Å². The molecule has 0 fully saturated rings. The smallest absolute Gasteiger partial charge is 0.251 e. The van der Waals surface area contributed by atoms with Crippen molar-refractivity contribution in [3.8, 4) is 0 Å². The molecule has 2 aliphatic rings. The Morgan fingerprint density at radius 3 is 2.50 bits per heavy atom. The highest BCUT2D eigenvalue weighted by Crippen LogP contribution is 2.40. The summed E-state index contributed by atoms with van der Waals surface area (Å²) in [5.41, 5.74) is 5.60. The number of anilines is 2. The molecule has 1 unspecified atom stereocenters. The van der Waals surface area contributed by atoms with Gasteiger partial charge < -0.3 is 16.0 Å². The highest BCUT2D eigenvalue weighted by molar-refractivity contribution is 6.31. The van der Waals surface area contributed by atoms with E-state index in [4.69, 9.17) is 11.6 Å². The summed E-state index contributed by atoms with van der Waals surface area (Å²) < 4.78 is 0. The summed E-state index contributed by atoms with van der Waals surface area (Å²) in [4.78, 5) is 12.5. The van der Waals surface area contributed by atoms with Gasteiger partial charge in [-0.1, -0.05) is 56.6 Å². The molecule has 134 valence electrons. The maximum atomic E-state index is 12.5. The molecule has 26 heavy (non-hydrogen) atoms. The molecule has 1 amide bonds. The van der Waals surface area contributed by atoms with E-state index in [0.717, 1.165) is 22.6 Å². The van der Waals surface area contributed by atoms with Crippen molar-refractivity contribution in [3.63, 3.8) is 0 Å². The Kier molecular flexibility index (Phi) is 3.96. The molecule has 0 spiro atoms. The molecule has 0 saturated heterocycles. The fraction of sp³-hybridized carbons (Fsp3) is 0.286. The lowest BCUT2D eigenvalue weighted by Crippen LogP contribution is -2.24. The molecule has 2 heterocycles. The molecule has 1 atom stereocenters. The van der Waals surface area contributed by atoms with Crippen LogP contribution in [0, 0.1) is 0 Å². The van der Waals surface area contributed by atoms with Gasteiger partial charge in [0.2, 0.25) is 0 Å². The summed E-state index contributed by atoms with van der Waals surface area (Å²) >= 11 is 6.67. The summed E-state index contributed by atoms with van der Waals surface area (Å²) in [5, 5.41) is 10.5. The Hall–Kier alpha value is -2.46. The van der Waals surface area contributed by atoms with Crippen molar-refractivity contribution in [1.82, 2.24) is 5.32 Å². The zero-order valence-corrected chi connectivity index (χ0v) is 15.9. The second-order valence-corrected chi connectivity index (χ2v) is 8.22. The van der Waals surface area contributed by atoms with Gasteiger partial charge in [0.25, 0.3) is 5.91 Å². The highest BCUT2D eigenvalue weighted by atomic mass is 35.5. The van der Waals surface area contributed by atoms with Crippen molar-refractivity contribution in [1.29, 1.82) is 0 Å². The van der Waals surface area contributed by atoms with Gasteiger partial charge in [0, 0.05) is 10.7 Å². The lowest BCUT2D eigenvalue weighted by atomic mass is 9.85. The monoisotopic (exact) mass is 367 g/mol. The standard InChI is InChI=1S/C21H22ClN3O/c1-21(2,3)12-8-9-13(14(22)10-12)19-18-17(11-23-20(18)26)24-15-6-4-5-7-16(15)25-19/h4-10,19,24-25H,11H2,1-3H3,(H,23,26). The Balaban J connectivity index is 1.84. The van der Waals surface area contributed by atoms with E-state index < -0.39 is 0 Å². The molecule has 0 radical (unpaired) electrons. The first kappa shape index (κ1) is 17.0. The minimum Gasteiger partial charge on any atom is -0.372 e. The summed E-state index contributed by atoms with van der Waals surface area (Å²) in [5.74, 6) is -0.0613. The predicted octanol–water partition coefficient (Wildman–Crippen LogP) is 4.60. The van der Waals surface area contributed by atoms with Gasteiger partial charge in [0.05, 0.1) is 29.5 Å². The zero-order chi connectivity index (χ0) is 18.5. The summed E-state index contributed by atoms with van der Waals surface area (Å²) in [7, 11) is 0. The van der Waals surface area contributed by atoms with E-state index >= 15 is 0 Å². The number of halogens is 1.